The lowest BCUT2D eigenvalue weighted by atomic mass is 9.77. The maximum Gasteiger partial charge on any atom is 0.252 e. The third-order valence-corrected chi connectivity index (χ3v) is 7.32. The van der Waals surface area contributed by atoms with Gasteiger partial charge in [0, 0.05) is 18.0 Å². The Morgan fingerprint density at radius 1 is 1.25 bits per heavy atom. The van der Waals surface area contributed by atoms with Crippen LogP contribution in [0.15, 0.2) is 47.7 Å². The lowest BCUT2D eigenvalue weighted by Crippen LogP contribution is -2.24. The van der Waals surface area contributed by atoms with Gasteiger partial charge in [-0.15, -0.1) is 0 Å². The molecule has 32 heavy (non-hydrogen) atoms. The first kappa shape index (κ1) is 22.2. The number of benzene rings is 1. The Morgan fingerprint density at radius 2 is 1.94 bits per heavy atom. The summed E-state index contributed by atoms with van der Waals surface area (Å²) >= 11 is 0. The van der Waals surface area contributed by atoms with E-state index in [1.807, 2.05) is 42.7 Å². The molecule has 6 nitrogen and oxygen atoms in total. The molecule has 2 aromatic heterocycles. The van der Waals surface area contributed by atoms with Crippen molar-refractivity contribution in [2.75, 3.05) is 0 Å². The van der Waals surface area contributed by atoms with Gasteiger partial charge in [-0.25, -0.2) is 4.52 Å². The number of carbonyl (C=O) groups is 1. The minimum Gasteiger partial charge on any atom is -0.386 e. The summed E-state index contributed by atoms with van der Waals surface area (Å²) in [6.07, 6.45) is 7.67. The van der Waals surface area contributed by atoms with Gasteiger partial charge in [0.1, 0.15) is 5.69 Å². The van der Waals surface area contributed by atoms with Crippen LogP contribution in [0.2, 0.25) is 0 Å². The first-order valence-corrected chi connectivity index (χ1v) is 11.2. The molecule has 1 amide bonds. The van der Waals surface area contributed by atoms with Crippen LogP contribution in [0.4, 0.5) is 5.69 Å². The summed E-state index contributed by atoms with van der Waals surface area (Å²) in [5.41, 5.74) is 9.33. The molecule has 1 saturated carbocycles. The topological polar surface area (TPSA) is 93.0 Å². The third-order valence-electron chi connectivity index (χ3n) is 7.32. The van der Waals surface area contributed by atoms with Crippen molar-refractivity contribution in [1.82, 2.24) is 9.61 Å². The van der Waals surface area contributed by atoms with Crippen molar-refractivity contribution >= 4 is 23.3 Å². The second-order valence-corrected chi connectivity index (χ2v) is 10.2. The number of nitrogens with zero attached hydrogens (tertiary/aromatic N) is 3. The Kier molecular flexibility index (Phi) is 5.45. The quantitative estimate of drug-likeness (QED) is 0.549. The van der Waals surface area contributed by atoms with Gasteiger partial charge < -0.3 is 10.8 Å². The largest absolute Gasteiger partial charge is 0.386 e. The number of aliphatic imine (C=N–C) groups is 1. The van der Waals surface area contributed by atoms with Gasteiger partial charge in [0.05, 0.1) is 22.9 Å². The molecular formula is C26H32N4O2. The Bertz CT molecular complexity index is 1180. The predicted octanol–water partition coefficient (Wildman–Crippen LogP) is 5.10. The van der Waals surface area contributed by atoms with Crippen molar-refractivity contribution in [3.8, 4) is 11.1 Å². The van der Waals surface area contributed by atoms with E-state index >= 15 is 0 Å². The minimum atomic E-state index is -0.893. The summed E-state index contributed by atoms with van der Waals surface area (Å²) < 4.78 is 1.74. The molecule has 2 unspecified atom stereocenters. The average Bonchev–Trinajstić information content (AvgIpc) is 3.27. The molecule has 1 aromatic carbocycles. The number of primary amides is 1. The maximum absolute atomic E-state index is 12.1. The van der Waals surface area contributed by atoms with Crippen molar-refractivity contribution in [1.29, 1.82) is 0 Å². The molecule has 1 aliphatic carbocycles. The fourth-order valence-electron chi connectivity index (χ4n) is 4.56. The fourth-order valence-corrected chi connectivity index (χ4v) is 4.56. The maximum atomic E-state index is 12.1. The molecule has 4 rings (SSSR count). The number of aromatic nitrogens is 2. The zero-order valence-corrected chi connectivity index (χ0v) is 19.5. The van der Waals surface area contributed by atoms with Gasteiger partial charge in [-0.05, 0) is 61.1 Å². The molecule has 2 atom stereocenters. The molecule has 6 heteroatoms. The second kappa shape index (κ2) is 7.85. The van der Waals surface area contributed by atoms with Crippen LogP contribution in [0.5, 0.6) is 0 Å². The molecule has 1 fully saturated rings. The number of carbonyl (C=O) groups excluding carboxylic acids is 1. The van der Waals surface area contributed by atoms with Gasteiger partial charge in [0.15, 0.2) is 0 Å². The Balaban J connectivity index is 1.76. The first-order valence-electron chi connectivity index (χ1n) is 11.2. The Hall–Kier alpha value is -2.99. The predicted molar refractivity (Wildman–Crippen MR) is 128 cm³/mol. The van der Waals surface area contributed by atoms with Crippen LogP contribution in [0.25, 0.3) is 16.6 Å². The Morgan fingerprint density at radius 3 is 2.50 bits per heavy atom. The molecule has 0 radical (unpaired) electrons. The highest BCUT2D eigenvalue weighted by molar-refractivity contribution is 6.02. The van der Waals surface area contributed by atoms with Crippen LogP contribution in [0.3, 0.4) is 0 Å². The lowest BCUT2D eigenvalue weighted by Gasteiger charge is -2.28. The van der Waals surface area contributed by atoms with Gasteiger partial charge in [-0.2, -0.15) is 5.10 Å². The minimum absolute atomic E-state index is 0.162. The van der Waals surface area contributed by atoms with E-state index in [4.69, 9.17) is 10.7 Å². The van der Waals surface area contributed by atoms with E-state index in [9.17, 15) is 9.90 Å². The molecule has 0 bridgehead atoms. The van der Waals surface area contributed by atoms with Crippen LogP contribution < -0.4 is 5.73 Å². The number of nitrogens with two attached hydrogens (primary N) is 1. The van der Waals surface area contributed by atoms with E-state index in [0.29, 0.717) is 23.1 Å². The molecule has 0 aliphatic heterocycles. The number of aliphatic hydroxyl groups is 1. The normalized spacial score (nSPS) is 20.9. The zero-order valence-electron chi connectivity index (χ0n) is 19.5. The van der Waals surface area contributed by atoms with E-state index in [0.717, 1.165) is 28.6 Å². The summed E-state index contributed by atoms with van der Waals surface area (Å²) in [6, 6.07) is 9.77. The van der Waals surface area contributed by atoms with E-state index in [1.165, 1.54) is 12.6 Å². The van der Waals surface area contributed by atoms with Crippen LogP contribution in [-0.2, 0) is 5.60 Å². The van der Waals surface area contributed by atoms with E-state index in [1.54, 1.807) is 18.4 Å². The van der Waals surface area contributed by atoms with E-state index < -0.39 is 11.5 Å². The van der Waals surface area contributed by atoms with Crippen molar-refractivity contribution in [3.05, 3.63) is 53.9 Å². The van der Waals surface area contributed by atoms with Crippen LogP contribution in [0, 0.1) is 17.3 Å². The average molecular weight is 433 g/mol. The smallest absolute Gasteiger partial charge is 0.252 e. The lowest BCUT2D eigenvalue weighted by molar-refractivity contribution is 0.0786. The molecule has 2 heterocycles. The SMILES string of the molecule is CC1CCC(C=Nc2c(C(N)=O)cnn3cc(-c4ccc(C(C)(C)O)cc4)cc23)C1(C)C. The first-order chi connectivity index (χ1) is 15.0. The number of hydrogen-bond acceptors (Lipinski definition) is 4. The van der Waals surface area contributed by atoms with Gasteiger partial charge in [-0.1, -0.05) is 45.0 Å². The summed E-state index contributed by atoms with van der Waals surface area (Å²) in [4.78, 5) is 16.9. The summed E-state index contributed by atoms with van der Waals surface area (Å²) in [7, 11) is 0. The monoisotopic (exact) mass is 432 g/mol. The molecule has 168 valence electrons. The highest BCUT2D eigenvalue weighted by atomic mass is 16.3. The van der Waals surface area contributed by atoms with E-state index in [2.05, 4.69) is 25.9 Å². The molecule has 3 aromatic rings. The molecule has 0 spiro atoms. The number of hydrogen-bond donors (Lipinski definition) is 2. The molecule has 0 saturated heterocycles. The fraction of sp³-hybridized carbons (Fsp3) is 0.423. The summed E-state index contributed by atoms with van der Waals surface area (Å²) in [5.74, 6) is 0.428. The Labute approximate surface area is 189 Å². The van der Waals surface area contributed by atoms with Crippen molar-refractivity contribution in [2.45, 2.75) is 53.1 Å². The third kappa shape index (κ3) is 3.95. The zero-order chi connectivity index (χ0) is 23.3. The molecule has 3 N–H and O–H groups in total. The van der Waals surface area contributed by atoms with Crippen LogP contribution in [0.1, 0.15) is 63.4 Å². The molecule has 1 aliphatic rings. The second-order valence-electron chi connectivity index (χ2n) is 10.2. The van der Waals surface area contributed by atoms with Gasteiger partial charge in [0.25, 0.3) is 5.91 Å². The summed E-state index contributed by atoms with van der Waals surface area (Å²) in [5, 5.41) is 14.6. The van der Waals surface area contributed by atoms with Crippen molar-refractivity contribution < 1.29 is 9.90 Å². The van der Waals surface area contributed by atoms with Crippen molar-refractivity contribution in [3.63, 3.8) is 0 Å². The standard InChI is InChI=1S/C26H32N4O2/c1-16-6-9-20(25(16,2)3)13-28-23-21(24(27)31)14-29-30-15-18(12-22(23)30)17-7-10-19(11-8-17)26(4,5)32/h7-8,10-16,20,32H,6,9H2,1-5H3,(H2,27,31). The van der Waals surface area contributed by atoms with Crippen molar-refractivity contribution in [2.24, 2.45) is 28.0 Å². The van der Waals surface area contributed by atoms with Gasteiger partial charge in [0.2, 0.25) is 0 Å². The van der Waals surface area contributed by atoms with Crippen LogP contribution >= 0.6 is 0 Å². The summed E-state index contributed by atoms with van der Waals surface area (Å²) in [6.45, 7) is 10.4. The van der Waals surface area contributed by atoms with Crippen LogP contribution in [-0.4, -0.2) is 26.8 Å². The number of rotatable bonds is 5. The highest BCUT2D eigenvalue weighted by Crippen LogP contribution is 2.46. The number of amides is 1. The van der Waals surface area contributed by atoms with Gasteiger partial charge >= 0.3 is 0 Å². The number of fused-ring (bicyclic) bond motifs is 1. The molecular weight excluding hydrogens is 400 g/mol. The van der Waals surface area contributed by atoms with Gasteiger partial charge in [-0.3, -0.25) is 9.79 Å². The highest BCUT2D eigenvalue weighted by Gasteiger charge is 2.39. The van der Waals surface area contributed by atoms with E-state index in [-0.39, 0.29) is 5.41 Å².